The number of hydrogen-bond acceptors (Lipinski definition) is 5. The number of nitrogens with zero attached hydrogens (tertiary/aromatic N) is 2. The molecule has 2 rings (SSSR count). The molecule has 2 heterocycles. The standard InChI is InChI=1S/C14H18N2O4S/c1-9-6-16(7-10(2)20-9)12(17)8-21-13-11(14(18)19)4-3-5-15-13/h3-5,9-10H,6-8H2,1-2H3,(H,18,19). The molecule has 2 atom stereocenters. The van der Waals surface area contributed by atoms with Crippen molar-refractivity contribution in [3.8, 4) is 0 Å². The van der Waals surface area contributed by atoms with Crippen molar-refractivity contribution in [3.05, 3.63) is 23.9 Å². The van der Waals surface area contributed by atoms with Crippen LogP contribution in [0.4, 0.5) is 0 Å². The second-order valence-electron chi connectivity index (χ2n) is 5.01. The summed E-state index contributed by atoms with van der Waals surface area (Å²) in [5.74, 6) is -0.882. The second-order valence-corrected chi connectivity index (χ2v) is 5.97. The molecule has 21 heavy (non-hydrogen) atoms. The smallest absolute Gasteiger partial charge is 0.338 e. The SMILES string of the molecule is CC1CN(C(=O)CSc2ncccc2C(=O)O)CC(C)O1. The average Bonchev–Trinajstić information content (AvgIpc) is 2.43. The maximum atomic E-state index is 12.2. The molecule has 6 nitrogen and oxygen atoms in total. The van der Waals surface area contributed by atoms with E-state index >= 15 is 0 Å². The van der Waals surface area contributed by atoms with Crippen molar-refractivity contribution in [3.63, 3.8) is 0 Å². The van der Waals surface area contributed by atoms with Crippen LogP contribution in [0.25, 0.3) is 0 Å². The first-order chi connectivity index (χ1) is 9.97. The summed E-state index contributed by atoms with van der Waals surface area (Å²) in [5.41, 5.74) is 0.124. The molecule has 0 aliphatic carbocycles. The van der Waals surface area contributed by atoms with Crippen LogP contribution in [0.15, 0.2) is 23.4 Å². The highest BCUT2D eigenvalue weighted by Gasteiger charge is 2.26. The molecular weight excluding hydrogens is 292 g/mol. The molecule has 0 saturated carbocycles. The van der Waals surface area contributed by atoms with Crippen LogP contribution in [0, 0.1) is 0 Å². The van der Waals surface area contributed by atoms with Gasteiger partial charge in [0.15, 0.2) is 0 Å². The van der Waals surface area contributed by atoms with Crippen LogP contribution in [0.3, 0.4) is 0 Å². The number of amides is 1. The van der Waals surface area contributed by atoms with E-state index in [-0.39, 0.29) is 29.4 Å². The third-order valence-corrected chi connectivity index (χ3v) is 4.10. The Morgan fingerprint density at radius 2 is 2.10 bits per heavy atom. The molecule has 1 aliphatic heterocycles. The van der Waals surface area contributed by atoms with Gasteiger partial charge < -0.3 is 14.7 Å². The van der Waals surface area contributed by atoms with E-state index in [1.807, 2.05) is 13.8 Å². The molecule has 0 spiro atoms. The Labute approximate surface area is 127 Å². The van der Waals surface area contributed by atoms with Crippen LogP contribution in [0.1, 0.15) is 24.2 Å². The molecular formula is C14H18N2O4S. The van der Waals surface area contributed by atoms with Gasteiger partial charge in [-0.2, -0.15) is 0 Å². The molecule has 1 amide bonds. The van der Waals surface area contributed by atoms with Gasteiger partial charge in [0.05, 0.1) is 23.5 Å². The van der Waals surface area contributed by atoms with Crippen LogP contribution >= 0.6 is 11.8 Å². The Morgan fingerprint density at radius 1 is 1.43 bits per heavy atom. The lowest BCUT2D eigenvalue weighted by Gasteiger charge is -2.35. The molecule has 2 unspecified atom stereocenters. The van der Waals surface area contributed by atoms with Gasteiger partial charge in [0.1, 0.15) is 5.03 Å². The zero-order valence-electron chi connectivity index (χ0n) is 12.0. The summed E-state index contributed by atoms with van der Waals surface area (Å²) in [6.45, 7) is 5.00. The third-order valence-electron chi connectivity index (χ3n) is 3.11. The summed E-state index contributed by atoms with van der Waals surface area (Å²) in [6, 6.07) is 3.06. The van der Waals surface area contributed by atoms with Gasteiger partial charge in [-0.1, -0.05) is 11.8 Å². The van der Waals surface area contributed by atoms with E-state index in [0.29, 0.717) is 18.1 Å². The fraction of sp³-hybridized carbons (Fsp3) is 0.500. The summed E-state index contributed by atoms with van der Waals surface area (Å²) in [5, 5.41) is 9.45. The third kappa shape index (κ3) is 4.18. The average molecular weight is 310 g/mol. The van der Waals surface area contributed by atoms with E-state index in [1.54, 1.807) is 11.0 Å². The van der Waals surface area contributed by atoms with Gasteiger partial charge in [-0.25, -0.2) is 9.78 Å². The quantitative estimate of drug-likeness (QED) is 0.849. The van der Waals surface area contributed by atoms with Gasteiger partial charge >= 0.3 is 5.97 Å². The van der Waals surface area contributed by atoms with Gasteiger partial charge in [0.25, 0.3) is 0 Å². The first-order valence-corrected chi connectivity index (χ1v) is 7.70. The fourth-order valence-corrected chi connectivity index (χ4v) is 3.16. The Hall–Kier alpha value is -1.60. The number of thioether (sulfide) groups is 1. The minimum Gasteiger partial charge on any atom is -0.478 e. The minimum atomic E-state index is -1.04. The molecule has 1 aromatic rings. The molecule has 1 saturated heterocycles. The lowest BCUT2D eigenvalue weighted by molar-refractivity contribution is -0.140. The largest absolute Gasteiger partial charge is 0.478 e. The van der Waals surface area contributed by atoms with Crippen molar-refractivity contribution in [2.24, 2.45) is 0 Å². The Morgan fingerprint density at radius 3 is 2.71 bits per heavy atom. The van der Waals surface area contributed by atoms with Crippen LogP contribution < -0.4 is 0 Å². The van der Waals surface area contributed by atoms with Gasteiger partial charge in [0, 0.05) is 19.3 Å². The summed E-state index contributed by atoms with van der Waals surface area (Å²) >= 11 is 1.16. The maximum Gasteiger partial charge on any atom is 0.338 e. The zero-order chi connectivity index (χ0) is 15.4. The number of ether oxygens (including phenoxy) is 1. The van der Waals surface area contributed by atoms with Gasteiger partial charge in [0.2, 0.25) is 5.91 Å². The molecule has 0 bridgehead atoms. The van der Waals surface area contributed by atoms with Crippen molar-refractivity contribution in [2.45, 2.75) is 31.1 Å². The van der Waals surface area contributed by atoms with E-state index in [4.69, 9.17) is 9.84 Å². The molecule has 1 N–H and O–H groups in total. The molecule has 7 heteroatoms. The number of carboxylic acid groups (broad SMARTS) is 1. The monoisotopic (exact) mass is 310 g/mol. The van der Waals surface area contributed by atoms with E-state index in [2.05, 4.69) is 4.98 Å². The first-order valence-electron chi connectivity index (χ1n) is 6.71. The van der Waals surface area contributed by atoms with Crippen molar-refractivity contribution in [2.75, 3.05) is 18.8 Å². The summed E-state index contributed by atoms with van der Waals surface area (Å²) in [4.78, 5) is 29.1. The number of morpholine rings is 1. The number of aromatic carboxylic acids is 1. The number of hydrogen-bond donors (Lipinski definition) is 1. The van der Waals surface area contributed by atoms with Crippen LogP contribution in [-0.4, -0.2) is 57.9 Å². The molecule has 1 fully saturated rings. The van der Waals surface area contributed by atoms with Crippen molar-refractivity contribution in [1.29, 1.82) is 0 Å². The van der Waals surface area contributed by atoms with Gasteiger partial charge in [-0.05, 0) is 26.0 Å². The van der Waals surface area contributed by atoms with Crippen LogP contribution in [0.5, 0.6) is 0 Å². The zero-order valence-corrected chi connectivity index (χ0v) is 12.8. The normalized spacial score (nSPS) is 22.1. The molecule has 0 aromatic carbocycles. The highest BCUT2D eigenvalue weighted by molar-refractivity contribution is 8.00. The lowest BCUT2D eigenvalue weighted by atomic mass is 10.2. The number of carbonyl (C=O) groups excluding carboxylic acids is 1. The Balaban J connectivity index is 1.97. The molecule has 1 aliphatic rings. The minimum absolute atomic E-state index is 0.0205. The topological polar surface area (TPSA) is 79.7 Å². The summed E-state index contributed by atoms with van der Waals surface area (Å²) < 4.78 is 5.59. The fourth-order valence-electron chi connectivity index (χ4n) is 2.27. The number of rotatable bonds is 4. The van der Waals surface area contributed by atoms with E-state index < -0.39 is 5.97 Å². The van der Waals surface area contributed by atoms with Gasteiger partial charge in [-0.15, -0.1) is 0 Å². The number of aromatic nitrogens is 1. The predicted octanol–water partition coefficient (Wildman–Crippen LogP) is 1.51. The highest BCUT2D eigenvalue weighted by Crippen LogP contribution is 2.21. The van der Waals surface area contributed by atoms with E-state index in [0.717, 1.165) is 11.8 Å². The second kappa shape index (κ2) is 6.91. The maximum absolute atomic E-state index is 12.2. The van der Waals surface area contributed by atoms with Crippen LogP contribution in [-0.2, 0) is 9.53 Å². The van der Waals surface area contributed by atoms with Gasteiger partial charge in [-0.3, -0.25) is 4.79 Å². The van der Waals surface area contributed by atoms with Crippen molar-refractivity contribution < 1.29 is 19.4 Å². The number of carbonyl (C=O) groups is 2. The van der Waals surface area contributed by atoms with Crippen molar-refractivity contribution >= 4 is 23.6 Å². The Bertz CT molecular complexity index is 527. The van der Waals surface area contributed by atoms with Crippen LogP contribution in [0.2, 0.25) is 0 Å². The Kier molecular flexibility index (Phi) is 5.19. The lowest BCUT2D eigenvalue weighted by Crippen LogP contribution is -2.48. The predicted molar refractivity (Wildman–Crippen MR) is 78.5 cm³/mol. The van der Waals surface area contributed by atoms with E-state index in [9.17, 15) is 9.59 Å². The molecule has 0 radical (unpaired) electrons. The molecule has 114 valence electrons. The number of carboxylic acids is 1. The van der Waals surface area contributed by atoms with E-state index in [1.165, 1.54) is 12.3 Å². The number of pyridine rings is 1. The first kappa shape index (κ1) is 15.8. The summed E-state index contributed by atoms with van der Waals surface area (Å²) in [7, 11) is 0. The highest BCUT2D eigenvalue weighted by atomic mass is 32.2. The van der Waals surface area contributed by atoms with Crippen molar-refractivity contribution in [1.82, 2.24) is 9.88 Å². The molecule has 1 aromatic heterocycles. The summed E-state index contributed by atoms with van der Waals surface area (Å²) in [6.07, 6.45) is 1.57.